The first-order valence-electron chi connectivity index (χ1n) is 5.99. The molecule has 2 rings (SSSR count). The molecule has 1 aliphatic heterocycles. The minimum atomic E-state index is -0.176. The Labute approximate surface area is 101 Å². The molecule has 0 spiro atoms. The van der Waals surface area contributed by atoms with E-state index in [9.17, 15) is 4.39 Å². The highest BCUT2D eigenvalue weighted by Gasteiger charge is 2.18. The van der Waals surface area contributed by atoms with Crippen LogP contribution in [0.1, 0.15) is 18.4 Å². The number of nitrogens with two attached hydrogens (primary N) is 1. The Bertz CT molecular complexity index is 384. The molecule has 0 bridgehead atoms. The molecule has 0 saturated carbocycles. The second-order valence-corrected chi connectivity index (χ2v) is 4.59. The van der Waals surface area contributed by atoms with Gasteiger partial charge in [0.05, 0.1) is 7.11 Å². The van der Waals surface area contributed by atoms with Crippen LogP contribution in [0.2, 0.25) is 0 Å². The predicted molar refractivity (Wildman–Crippen MR) is 65.4 cm³/mol. The van der Waals surface area contributed by atoms with Crippen LogP contribution in [0.5, 0.6) is 5.75 Å². The number of hydrogen-bond acceptors (Lipinski definition) is 3. The maximum absolute atomic E-state index is 13.6. The molecule has 1 aromatic carbocycles. The zero-order valence-corrected chi connectivity index (χ0v) is 10.2. The molecule has 1 fully saturated rings. The zero-order valence-electron chi connectivity index (χ0n) is 10.2. The fourth-order valence-electron chi connectivity index (χ4n) is 2.28. The van der Waals surface area contributed by atoms with Gasteiger partial charge in [-0.1, -0.05) is 0 Å². The summed E-state index contributed by atoms with van der Waals surface area (Å²) >= 11 is 0. The highest BCUT2D eigenvalue weighted by atomic mass is 19.1. The summed E-state index contributed by atoms with van der Waals surface area (Å²) in [6.07, 6.45) is 2.16. The minimum absolute atomic E-state index is 0.176. The largest absolute Gasteiger partial charge is 0.497 e. The molecule has 3 nitrogen and oxygen atoms in total. The maximum Gasteiger partial charge on any atom is 0.127 e. The van der Waals surface area contributed by atoms with Gasteiger partial charge >= 0.3 is 0 Å². The Hall–Kier alpha value is -1.13. The Morgan fingerprint density at radius 3 is 3.06 bits per heavy atom. The quantitative estimate of drug-likeness (QED) is 0.872. The number of nitrogens with zero attached hydrogens (tertiary/aromatic N) is 1. The molecule has 0 radical (unpaired) electrons. The lowest BCUT2D eigenvalue weighted by atomic mass is 10.1. The van der Waals surface area contributed by atoms with Crippen LogP contribution in [-0.2, 0) is 6.54 Å². The smallest absolute Gasteiger partial charge is 0.127 e. The fourth-order valence-corrected chi connectivity index (χ4v) is 2.28. The average molecular weight is 238 g/mol. The monoisotopic (exact) mass is 238 g/mol. The molecule has 94 valence electrons. The molecule has 1 aliphatic rings. The maximum atomic E-state index is 13.6. The van der Waals surface area contributed by atoms with Gasteiger partial charge < -0.3 is 10.5 Å². The SMILES string of the molecule is COc1ccc(F)c(CN2CCC[C@H](N)C2)c1. The number of piperidine rings is 1. The molecule has 0 aromatic heterocycles. The van der Waals surface area contributed by atoms with Crippen molar-refractivity contribution in [3.63, 3.8) is 0 Å². The molecule has 17 heavy (non-hydrogen) atoms. The number of likely N-dealkylation sites (tertiary alicyclic amines) is 1. The van der Waals surface area contributed by atoms with E-state index in [1.165, 1.54) is 6.07 Å². The molecule has 1 aromatic rings. The summed E-state index contributed by atoms with van der Waals surface area (Å²) in [7, 11) is 1.59. The van der Waals surface area contributed by atoms with Crippen LogP contribution in [-0.4, -0.2) is 31.1 Å². The van der Waals surface area contributed by atoms with Gasteiger partial charge in [0.25, 0.3) is 0 Å². The number of benzene rings is 1. The summed E-state index contributed by atoms with van der Waals surface area (Å²) < 4.78 is 18.8. The average Bonchev–Trinajstić information content (AvgIpc) is 2.32. The predicted octanol–water partition coefficient (Wildman–Crippen LogP) is 1.76. The molecule has 0 unspecified atom stereocenters. The fraction of sp³-hybridized carbons (Fsp3) is 0.538. The van der Waals surface area contributed by atoms with Crippen molar-refractivity contribution in [3.8, 4) is 5.75 Å². The van der Waals surface area contributed by atoms with Crippen molar-refractivity contribution in [1.82, 2.24) is 4.90 Å². The van der Waals surface area contributed by atoms with Gasteiger partial charge in [-0.05, 0) is 37.6 Å². The van der Waals surface area contributed by atoms with Crippen molar-refractivity contribution >= 4 is 0 Å². The Morgan fingerprint density at radius 2 is 2.35 bits per heavy atom. The first-order chi connectivity index (χ1) is 8.19. The third-order valence-corrected chi connectivity index (χ3v) is 3.19. The normalized spacial score (nSPS) is 21.5. The molecule has 4 heteroatoms. The van der Waals surface area contributed by atoms with E-state index < -0.39 is 0 Å². The number of ether oxygens (including phenoxy) is 1. The Kier molecular flexibility index (Phi) is 3.97. The topological polar surface area (TPSA) is 38.5 Å². The van der Waals surface area contributed by atoms with Crippen LogP contribution in [0, 0.1) is 5.82 Å². The third kappa shape index (κ3) is 3.17. The number of methoxy groups -OCH3 is 1. The Morgan fingerprint density at radius 1 is 1.53 bits per heavy atom. The lowest BCUT2D eigenvalue weighted by Crippen LogP contribution is -2.42. The summed E-state index contributed by atoms with van der Waals surface area (Å²) in [6.45, 7) is 2.44. The Balaban J connectivity index is 2.06. The lowest BCUT2D eigenvalue weighted by Gasteiger charge is -2.30. The molecule has 0 amide bonds. The van der Waals surface area contributed by atoms with E-state index in [1.54, 1.807) is 19.2 Å². The van der Waals surface area contributed by atoms with Gasteiger partial charge in [0.15, 0.2) is 0 Å². The van der Waals surface area contributed by atoms with Crippen molar-refractivity contribution in [1.29, 1.82) is 0 Å². The summed E-state index contributed by atoms with van der Waals surface area (Å²) in [6, 6.07) is 5.08. The van der Waals surface area contributed by atoms with Gasteiger partial charge in [0.1, 0.15) is 11.6 Å². The van der Waals surface area contributed by atoms with E-state index in [-0.39, 0.29) is 11.9 Å². The molecule has 1 atom stereocenters. The standard InChI is InChI=1S/C13H19FN2O/c1-17-12-4-5-13(14)10(7-12)8-16-6-2-3-11(15)9-16/h4-5,7,11H,2-3,6,8-9,15H2,1H3/t11-/m0/s1. The van der Waals surface area contributed by atoms with Crippen molar-refractivity contribution < 1.29 is 9.13 Å². The van der Waals surface area contributed by atoms with Gasteiger partial charge in [-0.15, -0.1) is 0 Å². The summed E-state index contributed by atoms with van der Waals surface area (Å²) in [5.74, 6) is 0.521. The van der Waals surface area contributed by atoms with E-state index in [0.717, 1.165) is 25.9 Å². The number of halogens is 1. The van der Waals surface area contributed by atoms with Crippen molar-refractivity contribution in [3.05, 3.63) is 29.6 Å². The molecule has 1 saturated heterocycles. The third-order valence-electron chi connectivity index (χ3n) is 3.19. The molecule has 0 aliphatic carbocycles. The van der Waals surface area contributed by atoms with Crippen LogP contribution >= 0.6 is 0 Å². The van der Waals surface area contributed by atoms with Crippen molar-refractivity contribution in [2.75, 3.05) is 20.2 Å². The van der Waals surface area contributed by atoms with Crippen LogP contribution in [0.15, 0.2) is 18.2 Å². The number of hydrogen-bond donors (Lipinski definition) is 1. The van der Waals surface area contributed by atoms with Crippen molar-refractivity contribution in [2.45, 2.75) is 25.4 Å². The highest BCUT2D eigenvalue weighted by molar-refractivity contribution is 5.29. The van der Waals surface area contributed by atoms with Gasteiger partial charge in [-0.25, -0.2) is 4.39 Å². The number of rotatable bonds is 3. The molecular formula is C13H19FN2O. The van der Waals surface area contributed by atoms with Crippen molar-refractivity contribution in [2.24, 2.45) is 5.73 Å². The second-order valence-electron chi connectivity index (χ2n) is 4.59. The van der Waals surface area contributed by atoms with E-state index >= 15 is 0 Å². The van der Waals surface area contributed by atoms with E-state index in [1.807, 2.05) is 0 Å². The lowest BCUT2D eigenvalue weighted by molar-refractivity contribution is 0.199. The van der Waals surface area contributed by atoms with E-state index in [0.29, 0.717) is 17.9 Å². The molecular weight excluding hydrogens is 219 g/mol. The van der Waals surface area contributed by atoms with Crippen LogP contribution in [0.3, 0.4) is 0 Å². The van der Waals surface area contributed by atoms with E-state index in [4.69, 9.17) is 10.5 Å². The zero-order chi connectivity index (χ0) is 12.3. The van der Waals surface area contributed by atoms with Crippen LogP contribution in [0.4, 0.5) is 4.39 Å². The summed E-state index contributed by atoms with van der Waals surface area (Å²) in [4.78, 5) is 2.20. The van der Waals surface area contributed by atoms with Gasteiger partial charge in [0, 0.05) is 24.7 Å². The summed E-state index contributed by atoms with van der Waals surface area (Å²) in [5, 5.41) is 0. The highest BCUT2D eigenvalue weighted by Crippen LogP contribution is 2.19. The van der Waals surface area contributed by atoms with Gasteiger partial charge in [-0.3, -0.25) is 4.90 Å². The van der Waals surface area contributed by atoms with Crippen LogP contribution < -0.4 is 10.5 Å². The molecule has 2 N–H and O–H groups in total. The first-order valence-corrected chi connectivity index (χ1v) is 5.99. The van der Waals surface area contributed by atoms with E-state index in [2.05, 4.69) is 4.90 Å². The van der Waals surface area contributed by atoms with Gasteiger partial charge in [-0.2, -0.15) is 0 Å². The molecule has 1 heterocycles. The minimum Gasteiger partial charge on any atom is -0.497 e. The van der Waals surface area contributed by atoms with Crippen LogP contribution in [0.25, 0.3) is 0 Å². The summed E-state index contributed by atoms with van der Waals surface area (Å²) in [5.41, 5.74) is 6.59. The first kappa shape index (κ1) is 12.3. The van der Waals surface area contributed by atoms with Gasteiger partial charge in [0.2, 0.25) is 0 Å². The second kappa shape index (κ2) is 5.47.